The first kappa shape index (κ1) is 33.1. The van der Waals surface area contributed by atoms with Crippen molar-refractivity contribution in [3.05, 3.63) is 229 Å². The van der Waals surface area contributed by atoms with E-state index in [1.54, 1.807) is 0 Å². The molecule has 5 aromatic carbocycles. The molecule has 0 saturated heterocycles. The molecule has 0 saturated carbocycles. The van der Waals surface area contributed by atoms with Crippen molar-refractivity contribution < 1.29 is 4.74 Å². The van der Waals surface area contributed by atoms with Gasteiger partial charge >= 0.3 is 0 Å². The SMILES string of the molecule is C=C/C=C\C1=C(c2nc(-c3ccc(-c4ccccn4)cc3)cc(-c3ccc(-c4ccccn4)cc3)n2)C2(c3ccccc3Oc3ccccc32)c2ccccc21. The quantitative estimate of drug-likeness (QED) is 0.154. The van der Waals surface area contributed by atoms with Crippen LogP contribution in [0, 0.1) is 0 Å². The summed E-state index contributed by atoms with van der Waals surface area (Å²) in [4.78, 5) is 20.2. The summed E-state index contributed by atoms with van der Waals surface area (Å²) < 4.78 is 6.65. The fourth-order valence-corrected chi connectivity index (χ4v) is 8.24. The van der Waals surface area contributed by atoms with E-state index in [2.05, 4.69) is 138 Å². The van der Waals surface area contributed by atoms with E-state index in [4.69, 9.17) is 14.7 Å². The Bertz CT molecular complexity index is 2680. The van der Waals surface area contributed by atoms with Crippen LogP contribution in [0.1, 0.15) is 28.1 Å². The van der Waals surface area contributed by atoms with E-state index in [1.807, 2.05) is 73.1 Å². The van der Waals surface area contributed by atoms with Crippen LogP contribution < -0.4 is 4.74 Å². The van der Waals surface area contributed by atoms with E-state index in [1.165, 1.54) is 0 Å². The summed E-state index contributed by atoms with van der Waals surface area (Å²) in [6.07, 6.45) is 9.60. The van der Waals surface area contributed by atoms with E-state index in [9.17, 15) is 0 Å². The first-order valence-electron chi connectivity index (χ1n) is 18.7. The molecule has 2 aliphatic rings. The van der Waals surface area contributed by atoms with Gasteiger partial charge < -0.3 is 4.74 Å². The van der Waals surface area contributed by atoms with Crippen LogP contribution in [0.15, 0.2) is 201 Å². The molecular weight excluding hydrogens is 685 g/mol. The first-order chi connectivity index (χ1) is 27.7. The Labute approximate surface area is 325 Å². The van der Waals surface area contributed by atoms with Crippen molar-refractivity contribution in [3.8, 4) is 56.5 Å². The van der Waals surface area contributed by atoms with Crippen molar-refractivity contribution in [1.82, 2.24) is 19.9 Å². The van der Waals surface area contributed by atoms with Crippen molar-refractivity contribution in [3.63, 3.8) is 0 Å². The highest BCUT2D eigenvalue weighted by molar-refractivity contribution is 6.09. The zero-order chi connectivity index (χ0) is 37.5. The van der Waals surface area contributed by atoms with Gasteiger partial charge in [0.15, 0.2) is 5.82 Å². The summed E-state index contributed by atoms with van der Waals surface area (Å²) >= 11 is 0. The van der Waals surface area contributed by atoms with Crippen LogP contribution in [0.25, 0.3) is 56.2 Å². The molecule has 4 heterocycles. The van der Waals surface area contributed by atoms with Crippen LogP contribution in [0.2, 0.25) is 0 Å². The first-order valence-corrected chi connectivity index (χ1v) is 18.7. The molecule has 5 heteroatoms. The predicted molar refractivity (Wildman–Crippen MR) is 225 cm³/mol. The van der Waals surface area contributed by atoms with Crippen LogP contribution in [-0.4, -0.2) is 19.9 Å². The fraction of sp³-hybridized carbons (Fsp3) is 0.0196. The lowest BCUT2D eigenvalue weighted by atomic mass is 9.65. The maximum Gasteiger partial charge on any atom is 0.158 e. The minimum Gasteiger partial charge on any atom is -0.457 e. The largest absolute Gasteiger partial charge is 0.457 e. The molecule has 0 atom stereocenters. The standard InChI is InChI=1S/C51H34N4O/c1-2-3-14-39-38-15-4-5-16-40(38)51(41-17-6-8-21-47(41)56-48-22-9-7-18-42(48)51)49(39)50-54-45(36-27-23-34(24-28-36)43-19-10-12-31-52-43)33-46(55-50)37-29-25-35(26-30-37)44-20-11-13-32-53-44/h2-33H,1H2/b14-3-. The summed E-state index contributed by atoms with van der Waals surface area (Å²) in [6, 6.07) is 56.3. The van der Waals surface area contributed by atoms with Gasteiger partial charge in [-0.3, -0.25) is 9.97 Å². The van der Waals surface area contributed by atoms with E-state index in [0.29, 0.717) is 5.82 Å². The molecule has 0 N–H and O–H groups in total. The molecule has 56 heavy (non-hydrogen) atoms. The molecule has 0 radical (unpaired) electrons. The average molecular weight is 719 g/mol. The normalized spacial score (nSPS) is 13.6. The highest BCUT2D eigenvalue weighted by Gasteiger charge is 2.53. The lowest BCUT2D eigenvalue weighted by Gasteiger charge is -2.40. The zero-order valence-corrected chi connectivity index (χ0v) is 30.4. The van der Waals surface area contributed by atoms with Gasteiger partial charge in [-0.05, 0) is 59.2 Å². The van der Waals surface area contributed by atoms with Crippen LogP contribution in [0.4, 0.5) is 0 Å². The van der Waals surface area contributed by atoms with Crippen LogP contribution in [0.3, 0.4) is 0 Å². The van der Waals surface area contributed by atoms with Gasteiger partial charge in [-0.25, -0.2) is 9.97 Å². The molecule has 0 bridgehead atoms. The minimum absolute atomic E-state index is 0.631. The monoisotopic (exact) mass is 718 g/mol. The Hall–Kier alpha value is -7.50. The Morgan fingerprint density at radius 2 is 0.946 bits per heavy atom. The van der Waals surface area contributed by atoms with Crippen molar-refractivity contribution in [2.45, 2.75) is 5.41 Å². The lowest BCUT2D eigenvalue weighted by molar-refractivity contribution is 0.440. The number of fused-ring (bicyclic) bond motifs is 6. The highest BCUT2D eigenvalue weighted by Crippen LogP contribution is 2.63. The van der Waals surface area contributed by atoms with Crippen LogP contribution >= 0.6 is 0 Å². The Morgan fingerprint density at radius 3 is 1.45 bits per heavy atom. The summed E-state index contributed by atoms with van der Waals surface area (Å²) in [5, 5.41) is 0. The predicted octanol–water partition coefficient (Wildman–Crippen LogP) is 12.0. The molecule has 0 unspecified atom stereocenters. The fourth-order valence-electron chi connectivity index (χ4n) is 8.24. The number of hydrogen-bond donors (Lipinski definition) is 0. The maximum absolute atomic E-state index is 6.65. The maximum atomic E-state index is 6.65. The van der Waals surface area contributed by atoms with Gasteiger partial charge in [0.2, 0.25) is 0 Å². The number of allylic oxidation sites excluding steroid dienone is 5. The number of hydrogen-bond acceptors (Lipinski definition) is 5. The summed E-state index contributed by atoms with van der Waals surface area (Å²) in [5.41, 5.74) is 13.1. The number of pyridine rings is 2. The summed E-state index contributed by atoms with van der Waals surface area (Å²) in [7, 11) is 0. The molecule has 0 fully saturated rings. The highest BCUT2D eigenvalue weighted by atomic mass is 16.5. The zero-order valence-electron chi connectivity index (χ0n) is 30.4. The third-order valence-corrected chi connectivity index (χ3v) is 10.7. The lowest BCUT2D eigenvalue weighted by Crippen LogP contribution is -2.33. The Balaban J connectivity index is 1.25. The second kappa shape index (κ2) is 13.7. The number of rotatable bonds is 7. The van der Waals surface area contributed by atoms with E-state index >= 15 is 0 Å². The Morgan fingerprint density at radius 1 is 0.482 bits per heavy atom. The van der Waals surface area contributed by atoms with Crippen molar-refractivity contribution >= 4 is 11.1 Å². The number of ether oxygens (including phenoxy) is 1. The van der Waals surface area contributed by atoms with E-state index in [0.717, 1.165) is 89.9 Å². The average Bonchev–Trinajstić information content (AvgIpc) is 3.56. The van der Waals surface area contributed by atoms with E-state index in [-0.39, 0.29) is 0 Å². The van der Waals surface area contributed by atoms with Crippen molar-refractivity contribution in [1.29, 1.82) is 0 Å². The van der Waals surface area contributed by atoms with Gasteiger partial charge in [-0.2, -0.15) is 0 Å². The number of para-hydroxylation sites is 2. The molecular formula is C51H34N4O. The molecule has 0 amide bonds. The Kier molecular flexibility index (Phi) is 8.11. The minimum atomic E-state index is -0.787. The van der Waals surface area contributed by atoms with Crippen molar-refractivity contribution in [2.75, 3.05) is 0 Å². The number of nitrogens with zero attached hydrogens (tertiary/aromatic N) is 4. The molecule has 5 nitrogen and oxygen atoms in total. The number of aromatic nitrogens is 4. The smallest absolute Gasteiger partial charge is 0.158 e. The van der Waals surface area contributed by atoms with Gasteiger partial charge in [0, 0.05) is 51.3 Å². The van der Waals surface area contributed by atoms with Gasteiger partial charge in [0.05, 0.1) is 28.2 Å². The summed E-state index contributed by atoms with van der Waals surface area (Å²) in [5.74, 6) is 2.24. The van der Waals surface area contributed by atoms with E-state index < -0.39 is 5.41 Å². The van der Waals surface area contributed by atoms with Gasteiger partial charge in [-0.1, -0.05) is 146 Å². The molecule has 1 spiro atoms. The molecule has 8 aromatic rings. The van der Waals surface area contributed by atoms with Crippen molar-refractivity contribution in [2.24, 2.45) is 0 Å². The molecule has 1 aliphatic heterocycles. The van der Waals surface area contributed by atoms with Crippen LogP contribution in [-0.2, 0) is 5.41 Å². The van der Waals surface area contributed by atoms with Gasteiger partial charge in [0.25, 0.3) is 0 Å². The summed E-state index contributed by atoms with van der Waals surface area (Å²) in [6.45, 7) is 4.05. The third kappa shape index (κ3) is 5.40. The number of benzene rings is 5. The molecule has 10 rings (SSSR count). The van der Waals surface area contributed by atoms with Gasteiger partial charge in [-0.15, -0.1) is 0 Å². The molecule has 264 valence electrons. The molecule has 3 aromatic heterocycles. The van der Waals surface area contributed by atoms with Crippen LogP contribution in [0.5, 0.6) is 11.5 Å². The second-order valence-electron chi connectivity index (χ2n) is 13.8. The third-order valence-electron chi connectivity index (χ3n) is 10.7. The molecule has 1 aliphatic carbocycles. The van der Waals surface area contributed by atoms with Gasteiger partial charge in [0.1, 0.15) is 11.5 Å². The second-order valence-corrected chi connectivity index (χ2v) is 13.8. The topological polar surface area (TPSA) is 60.8 Å².